The van der Waals surface area contributed by atoms with Gasteiger partial charge in [0.15, 0.2) is 6.61 Å². The first kappa shape index (κ1) is 18.7. The molecule has 1 aliphatic rings. The molecule has 8 nitrogen and oxygen atoms in total. The zero-order chi connectivity index (χ0) is 18.2. The fourth-order valence-corrected chi connectivity index (χ4v) is 2.47. The highest BCUT2D eigenvalue weighted by atomic mass is 16.5. The Bertz CT molecular complexity index is 616. The lowest BCUT2D eigenvalue weighted by Crippen LogP contribution is -2.51. The third kappa shape index (κ3) is 5.75. The van der Waals surface area contributed by atoms with Crippen LogP contribution in [-0.4, -0.2) is 60.2 Å². The van der Waals surface area contributed by atoms with Crippen molar-refractivity contribution in [2.24, 2.45) is 0 Å². The number of amides is 2. The van der Waals surface area contributed by atoms with Crippen molar-refractivity contribution in [1.82, 2.24) is 4.90 Å². The van der Waals surface area contributed by atoms with Gasteiger partial charge >= 0.3 is 5.97 Å². The second-order valence-corrected chi connectivity index (χ2v) is 5.63. The summed E-state index contributed by atoms with van der Waals surface area (Å²) in [5.74, 6) is -0.844. The third-order valence-corrected chi connectivity index (χ3v) is 3.78. The molecule has 1 aromatic rings. The van der Waals surface area contributed by atoms with Gasteiger partial charge in [-0.2, -0.15) is 0 Å². The summed E-state index contributed by atoms with van der Waals surface area (Å²) in [5.41, 5.74) is 0.653. The largest absolute Gasteiger partial charge is 0.484 e. The van der Waals surface area contributed by atoms with E-state index in [0.717, 1.165) is 0 Å². The van der Waals surface area contributed by atoms with Crippen LogP contribution in [0.25, 0.3) is 0 Å². The molecule has 1 aliphatic heterocycles. The molecule has 2 rings (SSSR count). The number of nitrogens with zero attached hydrogens (tertiary/aromatic N) is 1. The lowest BCUT2D eigenvalue weighted by Gasteiger charge is -2.34. The van der Waals surface area contributed by atoms with Crippen LogP contribution in [0.5, 0.6) is 5.75 Å². The first-order chi connectivity index (χ1) is 12.0. The summed E-state index contributed by atoms with van der Waals surface area (Å²) in [6, 6.07) is 6.22. The number of hydrogen-bond acceptors (Lipinski definition) is 5. The van der Waals surface area contributed by atoms with Gasteiger partial charge in [-0.25, -0.2) is 0 Å². The van der Waals surface area contributed by atoms with Crippen LogP contribution < -0.4 is 10.1 Å². The van der Waals surface area contributed by atoms with Gasteiger partial charge in [-0.3, -0.25) is 14.4 Å². The van der Waals surface area contributed by atoms with Crippen LogP contribution in [-0.2, 0) is 19.1 Å². The minimum Gasteiger partial charge on any atom is -0.484 e. The molecule has 136 valence electrons. The van der Waals surface area contributed by atoms with Gasteiger partial charge in [0.2, 0.25) is 5.91 Å². The zero-order valence-corrected chi connectivity index (χ0v) is 14.1. The first-order valence-corrected chi connectivity index (χ1v) is 8.11. The molecular formula is C17H22N2O6. The minimum absolute atomic E-state index is 0.0827. The van der Waals surface area contributed by atoms with E-state index in [4.69, 9.17) is 14.6 Å². The molecule has 0 bridgehead atoms. The molecule has 0 unspecified atom stereocenters. The van der Waals surface area contributed by atoms with Crippen LogP contribution in [0.3, 0.4) is 0 Å². The van der Waals surface area contributed by atoms with Crippen LogP contribution >= 0.6 is 0 Å². The fourth-order valence-electron chi connectivity index (χ4n) is 2.47. The van der Waals surface area contributed by atoms with E-state index in [2.05, 4.69) is 5.32 Å². The molecular weight excluding hydrogens is 328 g/mol. The number of morpholine rings is 1. The topological polar surface area (TPSA) is 105 Å². The second-order valence-electron chi connectivity index (χ2n) is 5.63. The highest BCUT2D eigenvalue weighted by Gasteiger charge is 2.29. The van der Waals surface area contributed by atoms with E-state index in [1.807, 2.05) is 0 Å². The Kier molecular flexibility index (Phi) is 6.76. The van der Waals surface area contributed by atoms with Gasteiger partial charge in [-0.1, -0.05) is 6.92 Å². The number of benzene rings is 1. The van der Waals surface area contributed by atoms with Gasteiger partial charge in [-0.05, 0) is 24.3 Å². The molecule has 0 saturated carbocycles. The van der Waals surface area contributed by atoms with E-state index in [-0.39, 0.29) is 31.4 Å². The van der Waals surface area contributed by atoms with Crippen LogP contribution in [0.4, 0.5) is 5.69 Å². The number of aliphatic carboxylic acids is 1. The Morgan fingerprint density at radius 3 is 2.68 bits per heavy atom. The Balaban J connectivity index is 1.87. The number of carboxylic acid groups (broad SMARTS) is 1. The van der Waals surface area contributed by atoms with Crippen LogP contribution in [0.1, 0.15) is 19.8 Å². The second kappa shape index (κ2) is 9.03. The number of anilines is 1. The Morgan fingerprint density at radius 2 is 2.04 bits per heavy atom. The highest BCUT2D eigenvalue weighted by molar-refractivity contribution is 5.90. The molecule has 1 aromatic carbocycles. The van der Waals surface area contributed by atoms with Crippen molar-refractivity contribution in [3.63, 3.8) is 0 Å². The maximum atomic E-state index is 12.3. The molecule has 1 heterocycles. The van der Waals surface area contributed by atoms with Crippen molar-refractivity contribution in [2.45, 2.75) is 25.8 Å². The van der Waals surface area contributed by atoms with Crippen molar-refractivity contribution >= 4 is 23.5 Å². The van der Waals surface area contributed by atoms with E-state index in [0.29, 0.717) is 31.0 Å². The van der Waals surface area contributed by atoms with Gasteiger partial charge in [0.05, 0.1) is 25.7 Å². The smallest absolute Gasteiger partial charge is 0.305 e. The summed E-state index contributed by atoms with van der Waals surface area (Å²) >= 11 is 0. The average Bonchev–Trinajstić information content (AvgIpc) is 2.60. The summed E-state index contributed by atoms with van der Waals surface area (Å²) in [4.78, 5) is 36.0. The lowest BCUT2D eigenvalue weighted by molar-refractivity contribution is -0.147. The predicted octanol–water partition coefficient (Wildman–Crippen LogP) is 1.12. The Labute approximate surface area is 145 Å². The van der Waals surface area contributed by atoms with Crippen molar-refractivity contribution in [1.29, 1.82) is 0 Å². The van der Waals surface area contributed by atoms with Crippen molar-refractivity contribution in [3.05, 3.63) is 24.3 Å². The quantitative estimate of drug-likeness (QED) is 0.763. The maximum Gasteiger partial charge on any atom is 0.305 e. The molecule has 1 fully saturated rings. The highest BCUT2D eigenvalue weighted by Crippen LogP contribution is 2.17. The molecule has 0 aliphatic carbocycles. The standard InChI is InChI=1S/C17H22N2O6/c1-2-15(20)18-12-3-5-14(6-4-12)25-11-16(21)19-7-8-24-10-13(19)9-17(22)23/h3-6,13H,2,7-11H2,1H3,(H,18,20)(H,22,23)/t13-/m0/s1. The van der Waals surface area contributed by atoms with E-state index in [1.165, 1.54) is 4.90 Å². The van der Waals surface area contributed by atoms with Gasteiger partial charge in [0.25, 0.3) is 5.91 Å². The van der Waals surface area contributed by atoms with Gasteiger partial charge in [0.1, 0.15) is 5.75 Å². The first-order valence-electron chi connectivity index (χ1n) is 8.11. The number of carbonyl (C=O) groups is 3. The van der Waals surface area contributed by atoms with E-state index < -0.39 is 12.0 Å². The van der Waals surface area contributed by atoms with Crippen LogP contribution in [0.2, 0.25) is 0 Å². The average molecular weight is 350 g/mol. The molecule has 2 amide bonds. The van der Waals surface area contributed by atoms with Crippen LogP contribution in [0, 0.1) is 0 Å². The molecule has 8 heteroatoms. The van der Waals surface area contributed by atoms with Gasteiger partial charge in [0, 0.05) is 18.7 Å². The number of carboxylic acids is 1. The van der Waals surface area contributed by atoms with E-state index in [1.54, 1.807) is 31.2 Å². The van der Waals surface area contributed by atoms with Crippen molar-refractivity contribution < 1.29 is 29.0 Å². The third-order valence-electron chi connectivity index (χ3n) is 3.78. The van der Waals surface area contributed by atoms with E-state index >= 15 is 0 Å². The molecule has 0 spiro atoms. The molecule has 2 N–H and O–H groups in total. The maximum absolute atomic E-state index is 12.3. The van der Waals surface area contributed by atoms with Gasteiger partial charge in [-0.15, -0.1) is 0 Å². The number of ether oxygens (including phenoxy) is 2. The molecule has 25 heavy (non-hydrogen) atoms. The van der Waals surface area contributed by atoms with Gasteiger partial charge < -0.3 is 24.8 Å². The Hall–Kier alpha value is -2.61. The predicted molar refractivity (Wildman–Crippen MR) is 89.4 cm³/mol. The van der Waals surface area contributed by atoms with Crippen LogP contribution in [0.15, 0.2) is 24.3 Å². The van der Waals surface area contributed by atoms with E-state index in [9.17, 15) is 14.4 Å². The summed E-state index contributed by atoms with van der Waals surface area (Å²) in [6.07, 6.45) is 0.237. The van der Waals surface area contributed by atoms with Crippen molar-refractivity contribution in [2.75, 3.05) is 31.7 Å². The summed E-state index contributed by atoms with van der Waals surface area (Å²) in [6.45, 7) is 2.53. The number of carbonyl (C=O) groups excluding carboxylic acids is 2. The molecule has 0 radical (unpaired) electrons. The van der Waals surface area contributed by atoms with Crippen molar-refractivity contribution in [3.8, 4) is 5.75 Å². The minimum atomic E-state index is -0.973. The molecule has 1 atom stereocenters. The fraction of sp³-hybridized carbons (Fsp3) is 0.471. The normalized spacial score (nSPS) is 17.0. The summed E-state index contributed by atoms with van der Waals surface area (Å²) in [5, 5.41) is 11.6. The number of nitrogens with one attached hydrogen (secondary N) is 1. The summed E-state index contributed by atoms with van der Waals surface area (Å²) in [7, 11) is 0. The molecule has 0 aromatic heterocycles. The SMILES string of the molecule is CCC(=O)Nc1ccc(OCC(=O)N2CCOC[C@@H]2CC(=O)O)cc1. The number of hydrogen-bond donors (Lipinski definition) is 2. The molecule has 1 saturated heterocycles. The number of rotatable bonds is 7. The lowest BCUT2D eigenvalue weighted by atomic mass is 10.1. The zero-order valence-electron chi connectivity index (χ0n) is 14.1. The summed E-state index contributed by atoms with van der Waals surface area (Å²) < 4.78 is 10.7. The Morgan fingerprint density at radius 1 is 1.32 bits per heavy atom. The monoisotopic (exact) mass is 350 g/mol.